The molecule has 29 unspecified atom stereocenters. The van der Waals surface area contributed by atoms with Crippen LogP contribution in [0.25, 0.3) is 0 Å². The van der Waals surface area contributed by atoms with E-state index in [4.69, 9.17) is 18.9 Å². The largest absolute Gasteiger partial charge is 0.458 e. The molecule has 3 aliphatic rings. The number of nitrogens with zero attached hydrogens (tertiary/aromatic N) is 1. The van der Waals surface area contributed by atoms with E-state index in [1.807, 2.05) is 0 Å². The minimum atomic E-state index is -2.26. The number of hydrogen-bond acceptors (Lipinski definition) is 23. The first kappa shape index (κ1) is 87.8. The number of esters is 1. The van der Waals surface area contributed by atoms with Gasteiger partial charge in [-0.05, 0) is 161 Å². The molecule has 96 heavy (non-hydrogen) atoms. The number of carbonyl (C=O) groups excluding carboxylic acids is 1. The highest BCUT2D eigenvalue weighted by Crippen LogP contribution is 2.42. The van der Waals surface area contributed by atoms with E-state index >= 15 is 0 Å². The van der Waals surface area contributed by atoms with Crippen LogP contribution in [0.4, 0.5) is 0 Å². The Morgan fingerprint density at radius 1 is 0.604 bits per heavy atom. The van der Waals surface area contributed by atoms with Gasteiger partial charge in [-0.15, -0.1) is 0 Å². The maximum Gasteiger partial charge on any atom is 0.311 e. The van der Waals surface area contributed by atoms with Gasteiger partial charge in [0.05, 0.1) is 122 Å². The maximum atomic E-state index is 13.7. The highest BCUT2D eigenvalue weighted by atomic mass is 16.7. The molecule has 0 radical (unpaired) electrons. The lowest BCUT2D eigenvalue weighted by Crippen LogP contribution is -2.64. The zero-order valence-electron chi connectivity index (χ0n) is 60.1. The predicted octanol–water partition coefficient (Wildman–Crippen LogP) is 4.50. The second-order valence-corrected chi connectivity index (χ2v) is 30.0. The summed E-state index contributed by atoms with van der Waals surface area (Å²) in [4.78, 5) is 15.4. The van der Waals surface area contributed by atoms with Gasteiger partial charge in [-0.3, -0.25) is 4.79 Å². The van der Waals surface area contributed by atoms with Gasteiger partial charge in [0.25, 0.3) is 0 Å². The number of cyclic esters (lactones) is 1. The van der Waals surface area contributed by atoms with Crippen molar-refractivity contribution in [1.29, 1.82) is 0 Å². The number of unbranched alkanes of at least 4 members (excludes halogenated alkanes) is 1. The number of hydrogen-bond donors (Lipinski definition) is 17. The highest BCUT2D eigenvalue weighted by Gasteiger charge is 2.53. The molecule has 3 heterocycles. The number of rotatable bonds is 8. The Kier molecular flexibility index (Phi) is 39.8. The SMILES string of the molecule is CC1=CC(CCCCC(C)C)C(O)C(O)CCC(O)CC(O)CC(O)C(C)CCC(O)C(C)C(O)CCCC(O)CC(O)C=CC(C)OC(=O)CC2(O)OC(CC(OC3OC(C)C(O)C(N(C)C)C3O)C2C)C(C)C(O)C(C)=CC=CCC(O)C(C)C(O)CCCC(O)CC1O. The number of aliphatic hydroxyl groups is 17. The van der Waals surface area contributed by atoms with Gasteiger partial charge in [-0.1, -0.05) is 98.1 Å². The second-order valence-electron chi connectivity index (χ2n) is 30.0. The van der Waals surface area contributed by atoms with Crippen LogP contribution in [0.15, 0.2) is 47.6 Å². The van der Waals surface area contributed by atoms with E-state index in [-0.39, 0.29) is 89.4 Å². The first-order chi connectivity index (χ1) is 44.9. The average Bonchev–Trinajstić information content (AvgIpc) is 0.771. The van der Waals surface area contributed by atoms with Crippen LogP contribution >= 0.6 is 0 Å². The van der Waals surface area contributed by atoms with E-state index in [1.165, 1.54) is 12.2 Å². The number of allylic oxidation sites excluding steroid dienone is 2. The van der Waals surface area contributed by atoms with Crippen LogP contribution in [-0.4, -0.2) is 252 Å². The molecule has 0 spiro atoms. The van der Waals surface area contributed by atoms with Crippen molar-refractivity contribution in [2.75, 3.05) is 14.1 Å². The van der Waals surface area contributed by atoms with Crippen LogP contribution in [0.3, 0.4) is 0 Å². The van der Waals surface area contributed by atoms with E-state index in [2.05, 4.69) is 13.8 Å². The van der Waals surface area contributed by atoms with Crippen LogP contribution in [0.5, 0.6) is 0 Å². The molecule has 0 aliphatic carbocycles. The fraction of sp³-hybridized carbons (Fsp3) is 0.877. The Balaban J connectivity index is 1.86. The van der Waals surface area contributed by atoms with Crippen LogP contribution in [-0.2, 0) is 23.7 Å². The van der Waals surface area contributed by atoms with Crippen molar-refractivity contribution in [3.8, 4) is 0 Å². The molecule has 23 heteroatoms. The molecular formula is C73H133NO22. The zero-order valence-corrected chi connectivity index (χ0v) is 60.1. The minimum Gasteiger partial charge on any atom is -0.458 e. The Morgan fingerprint density at radius 3 is 1.80 bits per heavy atom. The Labute approximate surface area is 573 Å². The summed E-state index contributed by atoms with van der Waals surface area (Å²) in [6.45, 7) is 19.4. The summed E-state index contributed by atoms with van der Waals surface area (Å²) >= 11 is 0. The normalized spacial score (nSPS) is 42.7. The number of carbonyl (C=O) groups is 1. The van der Waals surface area contributed by atoms with Crippen LogP contribution < -0.4 is 0 Å². The third-order valence-electron chi connectivity index (χ3n) is 20.9. The van der Waals surface area contributed by atoms with Gasteiger partial charge in [0.15, 0.2) is 12.1 Å². The lowest BCUT2D eigenvalue weighted by atomic mass is 9.80. The molecule has 2 saturated heterocycles. The molecule has 2 fully saturated rings. The fourth-order valence-electron chi connectivity index (χ4n) is 13.6. The molecular weight excluding hydrogens is 1240 g/mol. The van der Waals surface area contributed by atoms with E-state index in [9.17, 15) is 91.6 Å². The molecule has 29 atom stereocenters. The molecule has 3 rings (SSSR count). The van der Waals surface area contributed by atoms with Gasteiger partial charge < -0.3 is 111 Å². The van der Waals surface area contributed by atoms with E-state index < -0.39 is 182 Å². The standard InChI is InChI=1S/C73H133NO22/c1-41(2)20-14-16-22-51-34-44(5)63(86)37-53(76)24-19-27-58(81)46(7)57(80)25-17-15-21-43(4)68(88)48(9)64-39-65(95-72-71(91)67(74(12)13)69(89)50(11)94-72)49(10)73(92,96-64)40-66(87)93-45(6)29-30-54(77)35-52(75)23-18-26-59(82)47(8)60(83)32-28-42(3)62(85)38-56(79)36-55(78)31-33-61(84)70(51)90/h15,17,21,29-30,34,41-42,45-65,67-72,75-86,88-92H,14,16,18-20,22-28,31-33,35-40H2,1-13H3. The first-order valence-corrected chi connectivity index (χ1v) is 36.0. The fourth-order valence-corrected chi connectivity index (χ4v) is 13.6. The Hall–Kier alpha value is -2.41. The van der Waals surface area contributed by atoms with Crippen molar-refractivity contribution in [3.05, 3.63) is 47.6 Å². The molecule has 0 amide bonds. The second kappa shape index (κ2) is 43.5. The summed E-state index contributed by atoms with van der Waals surface area (Å²) in [7, 11) is 3.40. The maximum absolute atomic E-state index is 13.7. The van der Waals surface area contributed by atoms with Crippen LogP contribution in [0.1, 0.15) is 211 Å². The molecule has 17 N–H and O–H groups in total. The number of ether oxygens (including phenoxy) is 4. The van der Waals surface area contributed by atoms with Crippen molar-refractivity contribution in [1.82, 2.24) is 4.90 Å². The van der Waals surface area contributed by atoms with Crippen molar-refractivity contribution >= 4 is 5.97 Å². The van der Waals surface area contributed by atoms with Crippen molar-refractivity contribution in [3.63, 3.8) is 0 Å². The predicted molar refractivity (Wildman–Crippen MR) is 365 cm³/mol. The number of fused-ring (bicyclic) bond motifs is 2. The quantitative estimate of drug-likeness (QED) is 0.0903. The third-order valence-corrected chi connectivity index (χ3v) is 20.9. The number of aliphatic hydroxyl groups excluding tert-OH is 16. The average molecular weight is 1380 g/mol. The summed E-state index contributed by atoms with van der Waals surface area (Å²) in [5.41, 5.74) is 0.999. The van der Waals surface area contributed by atoms with E-state index in [0.29, 0.717) is 42.7 Å². The smallest absolute Gasteiger partial charge is 0.311 e. The topological polar surface area (TPSA) is 401 Å². The molecule has 0 aromatic carbocycles. The third kappa shape index (κ3) is 29.9. The summed E-state index contributed by atoms with van der Waals surface area (Å²) in [6, 6.07) is -0.781. The van der Waals surface area contributed by atoms with Gasteiger partial charge in [0.2, 0.25) is 0 Å². The Morgan fingerprint density at radius 2 is 1.19 bits per heavy atom. The van der Waals surface area contributed by atoms with Crippen LogP contribution in [0, 0.1) is 41.4 Å². The molecule has 2 bridgehead atoms. The molecule has 0 aromatic rings. The monoisotopic (exact) mass is 1380 g/mol. The summed E-state index contributed by atoms with van der Waals surface area (Å²) < 4.78 is 24.5. The van der Waals surface area contributed by atoms with Gasteiger partial charge >= 0.3 is 5.97 Å². The minimum absolute atomic E-state index is 0.00941. The lowest BCUT2D eigenvalue weighted by Gasteiger charge is -2.50. The number of likely N-dealkylation sites (N-methyl/N-ethyl adjacent to an activating group) is 1. The van der Waals surface area contributed by atoms with Gasteiger partial charge in [-0.25, -0.2) is 0 Å². The summed E-state index contributed by atoms with van der Waals surface area (Å²) in [5.74, 6) is -6.42. The highest BCUT2D eigenvalue weighted by molar-refractivity contribution is 5.71. The van der Waals surface area contributed by atoms with Crippen molar-refractivity contribution in [2.24, 2.45) is 41.4 Å². The molecule has 3 aliphatic heterocycles. The van der Waals surface area contributed by atoms with Crippen molar-refractivity contribution in [2.45, 2.75) is 351 Å². The van der Waals surface area contributed by atoms with Crippen molar-refractivity contribution < 1.29 is 111 Å². The van der Waals surface area contributed by atoms with Gasteiger partial charge in [0.1, 0.15) is 12.2 Å². The first-order valence-electron chi connectivity index (χ1n) is 36.0. The molecule has 23 nitrogen and oxygen atoms in total. The van der Waals surface area contributed by atoms with Crippen LogP contribution in [0.2, 0.25) is 0 Å². The molecule has 562 valence electrons. The molecule has 0 saturated carbocycles. The molecule has 0 aromatic heterocycles. The lowest BCUT2D eigenvalue weighted by molar-refractivity contribution is -0.351. The summed E-state index contributed by atoms with van der Waals surface area (Å²) in [6.07, 6.45) is -7.60. The van der Waals surface area contributed by atoms with E-state index in [0.717, 1.165) is 19.3 Å². The zero-order chi connectivity index (χ0) is 72.5. The van der Waals surface area contributed by atoms with E-state index in [1.54, 1.807) is 106 Å². The summed E-state index contributed by atoms with van der Waals surface area (Å²) in [5, 5.41) is 191. The Bertz CT molecular complexity index is 2270. The van der Waals surface area contributed by atoms with Gasteiger partial charge in [-0.2, -0.15) is 0 Å². The van der Waals surface area contributed by atoms with Gasteiger partial charge in [0, 0.05) is 48.9 Å².